The predicted molar refractivity (Wildman–Crippen MR) is 124 cm³/mol. The standard InChI is InChI=1S/C22H25N5O4S2/c1-14(21(29)25-22-19(20(24)28)16-6-4-7-17(16)32-22)26-9-11-27(12-10-26)33(30,31)18-8-3-2-5-15(18)13-23/h2-3,5,8,14H,4,6-7,9-12H2,1H3,(H2,24,28)(H,25,29). The fourth-order valence-corrected chi connectivity index (χ4v) is 7.25. The number of nitrogens with two attached hydrogens (primary N) is 1. The van der Waals surface area contributed by atoms with Crippen molar-refractivity contribution in [2.75, 3.05) is 31.5 Å². The Labute approximate surface area is 196 Å². The number of rotatable bonds is 6. The molecule has 1 unspecified atom stereocenters. The Balaban J connectivity index is 1.42. The first-order valence-electron chi connectivity index (χ1n) is 10.7. The Hall–Kier alpha value is -2.78. The third kappa shape index (κ3) is 4.39. The van der Waals surface area contributed by atoms with Crippen LogP contribution in [0, 0.1) is 11.3 Å². The first-order chi connectivity index (χ1) is 15.7. The summed E-state index contributed by atoms with van der Waals surface area (Å²) in [6.45, 7) is 2.91. The van der Waals surface area contributed by atoms with E-state index in [1.807, 2.05) is 11.0 Å². The van der Waals surface area contributed by atoms with Crippen LogP contribution in [0.3, 0.4) is 0 Å². The zero-order chi connectivity index (χ0) is 23.8. The Morgan fingerprint density at radius 3 is 2.55 bits per heavy atom. The smallest absolute Gasteiger partial charge is 0.251 e. The number of amides is 2. The van der Waals surface area contributed by atoms with Crippen molar-refractivity contribution in [2.45, 2.75) is 37.1 Å². The fraction of sp³-hybridized carbons (Fsp3) is 0.409. The van der Waals surface area contributed by atoms with Crippen LogP contribution in [0.4, 0.5) is 5.00 Å². The first-order valence-corrected chi connectivity index (χ1v) is 13.0. The van der Waals surface area contributed by atoms with Crippen LogP contribution in [0.2, 0.25) is 0 Å². The van der Waals surface area contributed by atoms with Gasteiger partial charge in [0.25, 0.3) is 5.91 Å². The van der Waals surface area contributed by atoms with Gasteiger partial charge in [0.05, 0.1) is 22.1 Å². The number of aryl methyl sites for hydroxylation is 1. The van der Waals surface area contributed by atoms with Crippen LogP contribution in [0.15, 0.2) is 29.2 Å². The van der Waals surface area contributed by atoms with Crippen LogP contribution in [0.25, 0.3) is 0 Å². The number of carbonyl (C=O) groups excluding carboxylic acids is 2. The summed E-state index contributed by atoms with van der Waals surface area (Å²) < 4.78 is 27.4. The van der Waals surface area contributed by atoms with Crippen molar-refractivity contribution >= 4 is 38.2 Å². The molecule has 1 aromatic heterocycles. The number of anilines is 1. The minimum Gasteiger partial charge on any atom is -0.365 e. The number of benzene rings is 1. The van der Waals surface area contributed by atoms with Crippen LogP contribution in [-0.2, 0) is 27.7 Å². The second kappa shape index (κ2) is 9.23. The molecule has 1 aliphatic carbocycles. The molecule has 2 amide bonds. The maximum Gasteiger partial charge on any atom is 0.251 e. The molecule has 3 N–H and O–H groups in total. The van der Waals surface area contributed by atoms with Crippen molar-refractivity contribution in [3.8, 4) is 6.07 Å². The topological polar surface area (TPSA) is 137 Å². The van der Waals surface area contributed by atoms with E-state index >= 15 is 0 Å². The fourth-order valence-electron chi connectivity index (χ4n) is 4.39. The summed E-state index contributed by atoms with van der Waals surface area (Å²) in [5.74, 6) is -0.794. The number of nitrogens with zero attached hydrogens (tertiary/aromatic N) is 3. The molecular weight excluding hydrogens is 462 g/mol. The van der Waals surface area contributed by atoms with Crippen molar-refractivity contribution in [3.05, 3.63) is 45.8 Å². The highest BCUT2D eigenvalue weighted by Gasteiger charge is 2.34. The van der Waals surface area contributed by atoms with Gasteiger partial charge in [-0.25, -0.2) is 8.42 Å². The van der Waals surface area contributed by atoms with E-state index in [9.17, 15) is 23.3 Å². The lowest BCUT2D eigenvalue weighted by Crippen LogP contribution is -2.54. The van der Waals surface area contributed by atoms with E-state index in [0.29, 0.717) is 23.7 Å². The number of nitriles is 1. The highest BCUT2D eigenvalue weighted by Crippen LogP contribution is 2.39. The molecule has 0 spiro atoms. The summed E-state index contributed by atoms with van der Waals surface area (Å²) in [5.41, 5.74) is 7.05. The van der Waals surface area contributed by atoms with Gasteiger partial charge in [0.2, 0.25) is 15.9 Å². The van der Waals surface area contributed by atoms with Crippen LogP contribution < -0.4 is 11.1 Å². The van der Waals surface area contributed by atoms with Gasteiger partial charge < -0.3 is 11.1 Å². The number of fused-ring (bicyclic) bond motifs is 1. The van der Waals surface area contributed by atoms with Crippen molar-refractivity contribution in [3.63, 3.8) is 0 Å². The van der Waals surface area contributed by atoms with E-state index in [4.69, 9.17) is 5.73 Å². The lowest BCUT2D eigenvalue weighted by molar-refractivity contribution is -0.121. The van der Waals surface area contributed by atoms with Crippen LogP contribution in [0.5, 0.6) is 0 Å². The third-order valence-electron chi connectivity index (χ3n) is 6.23. The molecule has 1 aliphatic heterocycles. The molecule has 2 aliphatic rings. The maximum absolute atomic E-state index is 13.0. The molecular formula is C22H25N5O4S2. The maximum atomic E-state index is 13.0. The van der Waals surface area contributed by atoms with Gasteiger partial charge in [0, 0.05) is 31.1 Å². The molecule has 1 fully saturated rings. The monoisotopic (exact) mass is 487 g/mol. The molecule has 33 heavy (non-hydrogen) atoms. The number of hydrogen-bond acceptors (Lipinski definition) is 7. The van der Waals surface area contributed by atoms with Gasteiger partial charge in [-0.1, -0.05) is 12.1 Å². The Kier molecular flexibility index (Phi) is 6.54. The lowest BCUT2D eigenvalue weighted by Gasteiger charge is -2.36. The van der Waals surface area contributed by atoms with E-state index in [0.717, 1.165) is 29.7 Å². The number of thiophene rings is 1. The average molecular weight is 488 g/mol. The van der Waals surface area contributed by atoms with Gasteiger partial charge in [0.15, 0.2) is 0 Å². The first kappa shape index (κ1) is 23.4. The molecule has 2 heterocycles. The van der Waals surface area contributed by atoms with Gasteiger partial charge in [-0.05, 0) is 43.9 Å². The summed E-state index contributed by atoms with van der Waals surface area (Å²) in [6.07, 6.45) is 2.66. The predicted octanol–water partition coefficient (Wildman–Crippen LogP) is 1.54. The average Bonchev–Trinajstić information content (AvgIpc) is 3.39. The zero-order valence-corrected chi connectivity index (χ0v) is 19.8. The molecule has 1 saturated heterocycles. The van der Waals surface area contributed by atoms with E-state index in [1.165, 1.54) is 27.8 Å². The molecule has 0 saturated carbocycles. The van der Waals surface area contributed by atoms with E-state index < -0.39 is 22.0 Å². The number of hydrogen-bond donors (Lipinski definition) is 2. The Morgan fingerprint density at radius 1 is 1.18 bits per heavy atom. The third-order valence-corrected chi connectivity index (χ3v) is 9.39. The summed E-state index contributed by atoms with van der Waals surface area (Å²) in [4.78, 5) is 27.9. The number of sulfonamides is 1. The number of nitrogens with one attached hydrogen (secondary N) is 1. The van der Waals surface area contributed by atoms with E-state index in [2.05, 4.69) is 5.32 Å². The molecule has 4 rings (SSSR count). The molecule has 0 radical (unpaired) electrons. The second-order valence-corrected chi connectivity index (χ2v) is 11.2. The van der Waals surface area contributed by atoms with E-state index in [1.54, 1.807) is 19.1 Å². The highest BCUT2D eigenvalue weighted by atomic mass is 32.2. The van der Waals surface area contributed by atoms with Crippen molar-refractivity contribution in [1.29, 1.82) is 5.26 Å². The minimum atomic E-state index is -3.80. The van der Waals surface area contributed by atoms with Crippen LogP contribution in [0.1, 0.15) is 39.7 Å². The minimum absolute atomic E-state index is 0.00327. The molecule has 11 heteroatoms. The number of piperazine rings is 1. The zero-order valence-electron chi connectivity index (χ0n) is 18.2. The second-order valence-electron chi connectivity index (χ2n) is 8.14. The number of primary amides is 1. The van der Waals surface area contributed by atoms with Gasteiger partial charge in [-0.3, -0.25) is 14.5 Å². The van der Waals surface area contributed by atoms with Crippen molar-refractivity contribution in [2.24, 2.45) is 5.73 Å². The summed E-state index contributed by atoms with van der Waals surface area (Å²) in [6, 6.07) is 7.56. The quantitative estimate of drug-likeness (QED) is 0.634. The summed E-state index contributed by atoms with van der Waals surface area (Å²) in [7, 11) is -3.80. The normalized spacial score (nSPS) is 17.8. The van der Waals surface area contributed by atoms with Crippen LogP contribution in [-0.4, -0.2) is 61.7 Å². The summed E-state index contributed by atoms with van der Waals surface area (Å²) >= 11 is 1.41. The molecule has 174 valence electrons. The van der Waals surface area contributed by atoms with Gasteiger partial charge >= 0.3 is 0 Å². The van der Waals surface area contributed by atoms with Crippen molar-refractivity contribution in [1.82, 2.24) is 9.21 Å². The molecule has 2 aromatic rings. The largest absolute Gasteiger partial charge is 0.365 e. The Morgan fingerprint density at radius 2 is 1.88 bits per heavy atom. The lowest BCUT2D eigenvalue weighted by atomic mass is 10.1. The van der Waals surface area contributed by atoms with E-state index in [-0.39, 0.29) is 29.5 Å². The Bertz CT molecular complexity index is 1240. The van der Waals surface area contributed by atoms with Gasteiger partial charge in [-0.2, -0.15) is 9.57 Å². The molecule has 0 bridgehead atoms. The number of carbonyl (C=O) groups is 2. The molecule has 9 nitrogen and oxygen atoms in total. The highest BCUT2D eigenvalue weighted by molar-refractivity contribution is 7.89. The molecule has 1 atom stereocenters. The SMILES string of the molecule is CC(C(=O)Nc1sc2c(c1C(N)=O)CCC2)N1CCN(S(=O)(=O)c2ccccc2C#N)CC1. The van der Waals surface area contributed by atoms with Crippen molar-refractivity contribution < 1.29 is 18.0 Å². The van der Waals surface area contributed by atoms with Gasteiger partial charge in [0.1, 0.15) is 11.1 Å². The summed E-state index contributed by atoms with van der Waals surface area (Å²) in [5, 5.41) is 12.6. The van der Waals surface area contributed by atoms with Gasteiger partial charge in [-0.15, -0.1) is 11.3 Å². The molecule has 1 aromatic carbocycles. The van der Waals surface area contributed by atoms with Crippen LogP contribution >= 0.6 is 11.3 Å².